The van der Waals surface area contributed by atoms with Crippen molar-refractivity contribution < 1.29 is 8.42 Å². The fourth-order valence-corrected chi connectivity index (χ4v) is 4.86. The van der Waals surface area contributed by atoms with Gasteiger partial charge in [-0.15, -0.1) is 0 Å². The molecule has 6 nitrogen and oxygen atoms in total. The molecule has 7 heteroatoms. The Bertz CT molecular complexity index is 817. The molecule has 1 fully saturated rings. The fourth-order valence-electron chi connectivity index (χ4n) is 3.26. The summed E-state index contributed by atoms with van der Waals surface area (Å²) in [5.41, 5.74) is 1.13. The lowest BCUT2D eigenvalue weighted by molar-refractivity contribution is 0.301. The van der Waals surface area contributed by atoms with E-state index in [0.717, 1.165) is 16.5 Å². The molecule has 1 atom stereocenters. The van der Waals surface area contributed by atoms with Crippen LogP contribution in [0.15, 0.2) is 36.7 Å². The molecule has 1 unspecified atom stereocenters. The van der Waals surface area contributed by atoms with Gasteiger partial charge in [0.15, 0.2) is 0 Å². The first-order valence-corrected chi connectivity index (χ1v) is 9.69. The molecule has 0 amide bonds. The number of pyridine rings is 1. The molecule has 1 aromatic heterocycles. The minimum absolute atomic E-state index is 0.0907. The molecule has 0 bridgehead atoms. The number of hydrogen-bond donors (Lipinski definition) is 1. The molecule has 3 rings (SSSR count). The van der Waals surface area contributed by atoms with Crippen molar-refractivity contribution in [3.8, 4) is 0 Å². The monoisotopic (exact) mass is 348 g/mol. The first kappa shape index (κ1) is 17.1. The number of nitrogens with one attached hydrogen (secondary N) is 1. The van der Waals surface area contributed by atoms with Crippen molar-refractivity contribution in [3.63, 3.8) is 0 Å². The lowest BCUT2D eigenvalue weighted by Gasteiger charge is -2.40. The highest BCUT2D eigenvalue weighted by Crippen LogP contribution is 2.28. The zero-order chi connectivity index (χ0) is 17.3. The molecule has 1 aromatic carbocycles. The van der Waals surface area contributed by atoms with E-state index >= 15 is 0 Å². The van der Waals surface area contributed by atoms with Crippen molar-refractivity contribution >= 4 is 26.7 Å². The van der Waals surface area contributed by atoms with Gasteiger partial charge in [-0.05, 0) is 32.9 Å². The summed E-state index contributed by atoms with van der Waals surface area (Å²) >= 11 is 0. The van der Waals surface area contributed by atoms with Gasteiger partial charge in [0, 0.05) is 60.6 Å². The van der Waals surface area contributed by atoms with Gasteiger partial charge in [-0.1, -0.05) is 12.1 Å². The summed E-state index contributed by atoms with van der Waals surface area (Å²) < 4.78 is 29.1. The number of piperazine rings is 1. The standard InChI is InChI=1S/C17H24N4O2S/c1-13(2)19-24(22,23)21-10-9-20(12-14(21)3)17-6-4-5-15-11-18-8-7-16(15)17/h4-8,11,13-14,19H,9-10,12H2,1-3H3. The maximum atomic E-state index is 12.5. The molecule has 1 aliphatic heterocycles. The average molecular weight is 348 g/mol. The zero-order valence-corrected chi connectivity index (χ0v) is 15.1. The number of rotatable bonds is 4. The Hall–Kier alpha value is -1.70. The van der Waals surface area contributed by atoms with E-state index in [0.29, 0.717) is 19.6 Å². The van der Waals surface area contributed by atoms with Gasteiger partial charge in [-0.2, -0.15) is 17.4 Å². The Morgan fingerprint density at radius 2 is 2.04 bits per heavy atom. The number of hydrogen-bond acceptors (Lipinski definition) is 4. The van der Waals surface area contributed by atoms with Crippen LogP contribution in [0.2, 0.25) is 0 Å². The van der Waals surface area contributed by atoms with Crippen molar-refractivity contribution in [2.24, 2.45) is 0 Å². The van der Waals surface area contributed by atoms with Crippen molar-refractivity contribution in [3.05, 3.63) is 36.7 Å². The molecule has 1 aliphatic rings. The van der Waals surface area contributed by atoms with E-state index in [2.05, 4.69) is 20.7 Å². The van der Waals surface area contributed by atoms with Gasteiger partial charge in [0.25, 0.3) is 10.2 Å². The van der Waals surface area contributed by atoms with Gasteiger partial charge in [0.1, 0.15) is 0 Å². The molecule has 2 aromatic rings. The van der Waals surface area contributed by atoms with Gasteiger partial charge < -0.3 is 4.90 Å². The molecule has 130 valence electrons. The second kappa shape index (κ2) is 6.66. The Morgan fingerprint density at radius 1 is 1.25 bits per heavy atom. The first-order chi connectivity index (χ1) is 11.4. The van der Waals surface area contributed by atoms with E-state index in [1.807, 2.05) is 45.2 Å². The predicted molar refractivity (Wildman–Crippen MR) is 97.3 cm³/mol. The van der Waals surface area contributed by atoms with Crippen molar-refractivity contribution in [1.82, 2.24) is 14.0 Å². The molecule has 0 radical (unpaired) electrons. The quantitative estimate of drug-likeness (QED) is 0.918. The molecule has 1 N–H and O–H groups in total. The summed E-state index contributed by atoms with van der Waals surface area (Å²) in [4.78, 5) is 6.43. The summed E-state index contributed by atoms with van der Waals surface area (Å²) in [5.74, 6) is 0. The summed E-state index contributed by atoms with van der Waals surface area (Å²) in [6.45, 7) is 7.44. The van der Waals surface area contributed by atoms with Gasteiger partial charge in [-0.25, -0.2) is 0 Å². The van der Waals surface area contributed by atoms with E-state index in [9.17, 15) is 8.42 Å². The molecule has 0 saturated carbocycles. The second-order valence-corrected chi connectivity index (χ2v) is 8.21. The number of benzene rings is 1. The summed E-state index contributed by atoms with van der Waals surface area (Å²) in [7, 11) is -3.43. The number of fused-ring (bicyclic) bond motifs is 1. The number of nitrogens with zero attached hydrogens (tertiary/aromatic N) is 3. The third-order valence-corrected chi connectivity index (χ3v) is 6.19. The van der Waals surface area contributed by atoms with Crippen LogP contribution in [-0.4, -0.2) is 49.4 Å². The van der Waals surface area contributed by atoms with Crippen LogP contribution in [0.25, 0.3) is 10.8 Å². The van der Waals surface area contributed by atoms with E-state index in [1.54, 1.807) is 10.5 Å². The van der Waals surface area contributed by atoms with Crippen LogP contribution in [-0.2, 0) is 10.2 Å². The van der Waals surface area contributed by atoms with Crippen molar-refractivity contribution in [1.29, 1.82) is 0 Å². The minimum Gasteiger partial charge on any atom is -0.368 e. The highest BCUT2D eigenvalue weighted by atomic mass is 32.2. The predicted octanol–water partition coefficient (Wildman–Crippen LogP) is 1.99. The van der Waals surface area contributed by atoms with Crippen LogP contribution >= 0.6 is 0 Å². The maximum absolute atomic E-state index is 12.5. The maximum Gasteiger partial charge on any atom is 0.280 e. The molecule has 1 saturated heterocycles. The SMILES string of the molecule is CC(C)NS(=O)(=O)N1CCN(c2cccc3cnccc23)CC1C. The molecular formula is C17H24N4O2S. The lowest BCUT2D eigenvalue weighted by Crippen LogP contribution is -2.57. The van der Waals surface area contributed by atoms with Crippen LogP contribution in [0, 0.1) is 0 Å². The van der Waals surface area contributed by atoms with E-state index in [-0.39, 0.29) is 12.1 Å². The summed E-state index contributed by atoms with van der Waals surface area (Å²) in [6, 6.07) is 7.97. The van der Waals surface area contributed by atoms with Gasteiger partial charge in [0.05, 0.1) is 0 Å². The van der Waals surface area contributed by atoms with Gasteiger partial charge >= 0.3 is 0 Å². The van der Waals surface area contributed by atoms with E-state index < -0.39 is 10.2 Å². The Morgan fingerprint density at radius 3 is 2.75 bits per heavy atom. The van der Waals surface area contributed by atoms with Crippen molar-refractivity contribution in [2.45, 2.75) is 32.9 Å². The van der Waals surface area contributed by atoms with Crippen LogP contribution in [0.4, 0.5) is 5.69 Å². The lowest BCUT2D eigenvalue weighted by atomic mass is 10.1. The Balaban J connectivity index is 1.83. The van der Waals surface area contributed by atoms with Crippen LogP contribution in [0.5, 0.6) is 0 Å². The minimum atomic E-state index is -3.43. The third-order valence-electron chi connectivity index (χ3n) is 4.26. The van der Waals surface area contributed by atoms with E-state index in [1.165, 1.54) is 0 Å². The van der Waals surface area contributed by atoms with Crippen LogP contribution in [0.1, 0.15) is 20.8 Å². The van der Waals surface area contributed by atoms with Gasteiger partial charge in [0.2, 0.25) is 0 Å². The van der Waals surface area contributed by atoms with E-state index in [4.69, 9.17) is 0 Å². The summed E-state index contributed by atoms with van der Waals surface area (Å²) in [5, 5.41) is 2.25. The van der Waals surface area contributed by atoms with Crippen LogP contribution in [0.3, 0.4) is 0 Å². The number of aromatic nitrogens is 1. The topological polar surface area (TPSA) is 65.5 Å². The fraction of sp³-hybridized carbons (Fsp3) is 0.471. The highest BCUT2D eigenvalue weighted by molar-refractivity contribution is 7.87. The normalized spacial score (nSPS) is 20.0. The zero-order valence-electron chi connectivity index (χ0n) is 14.3. The molecule has 24 heavy (non-hydrogen) atoms. The molecular weight excluding hydrogens is 324 g/mol. The molecule has 0 spiro atoms. The first-order valence-electron chi connectivity index (χ1n) is 8.25. The van der Waals surface area contributed by atoms with Gasteiger partial charge in [-0.3, -0.25) is 4.98 Å². The third kappa shape index (κ3) is 3.38. The number of anilines is 1. The van der Waals surface area contributed by atoms with Crippen molar-refractivity contribution in [2.75, 3.05) is 24.5 Å². The smallest absolute Gasteiger partial charge is 0.280 e. The molecule has 2 heterocycles. The Kier molecular flexibility index (Phi) is 4.76. The summed E-state index contributed by atoms with van der Waals surface area (Å²) in [6.07, 6.45) is 3.65. The second-order valence-electron chi connectivity index (χ2n) is 6.56. The molecule has 0 aliphatic carbocycles. The van der Waals surface area contributed by atoms with Crippen LogP contribution < -0.4 is 9.62 Å². The largest absolute Gasteiger partial charge is 0.368 e. The Labute approximate surface area is 143 Å². The average Bonchev–Trinajstić information content (AvgIpc) is 2.52. The highest BCUT2D eigenvalue weighted by Gasteiger charge is 2.33.